The summed E-state index contributed by atoms with van der Waals surface area (Å²) in [6.07, 6.45) is 2.95. The van der Waals surface area contributed by atoms with Gasteiger partial charge in [0.25, 0.3) is 0 Å². The summed E-state index contributed by atoms with van der Waals surface area (Å²) in [5.74, 6) is 0.424. The fourth-order valence-corrected chi connectivity index (χ4v) is 3.09. The maximum atomic E-state index is 11.4. The third kappa shape index (κ3) is 4.46. The quantitative estimate of drug-likeness (QED) is 0.819. The summed E-state index contributed by atoms with van der Waals surface area (Å²) in [6.45, 7) is 6.37. The first-order valence-electron chi connectivity index (χ1n) is 7.74. The number of aliphatic carboxylic acids is 1. The normalized spacial score (nSPS) is 23.0. The van der Waals surface area contributed by atoms with E-state index in [1.165, 1.54) is 5.56 Å². The number of likely N-dealkylation sites (tertiary alicyclic amines) is 1. The Morgan fingerprint density at radius 2 is 2.29 bits per heavy atom. The van der Waals surface area contributed by atoms with E-state index in [1.807, 2.05) is 38.1 Å². The maximum Gasteiger partial charge on any atom is 0.321 e. The second-order valence-corrected chi connectivity index (χ2v) is 5.96. The molecule has 4 heteroatoms. The number of rotatable bonds is 6. The zero-order valence-electron chi connectivity index (χ0n) is 12.9. The predicted molar refractivity (Wildman–Crippen MR) is 82.7 cm³/mol. The van der Waals surface area contributed by atoms with Crippen molar-refractivity contribution in [1.29, 1.82) is 0 Å². The third-order valence-electron chi connectivity index (χ3n) is 4.14. The fourth-order valence-electron chi connectivity index (χ4n) is 3.09. The first kappa shape index (κ1) is 15.8. The SMILES string of the molecule is Cc1cccc(OCCCN2CCCC(C)C2C(=O)O)c1. The van der Waals surface area contributed by atoms with Crippen molar-refractivity contribution in [3.05, 3.63) is 29.8 Å². The van der Waals surface area contributed by atoms with E-state index in [-0.39, 0.29) is 12.0 Å². The Bertz CT molecular complexity index is 475. The Kier molecular flexibility index (Phi) is 5.62. The van der Waals surface area contributed by atoms with Crippen LogP contribution in [0, 0.1) is 12.8 Å². The van der Waals surface area contributed by atoms with Crippen molar-refractivity contribution in [3.8, 4) is 5.75 Å². The highest BCUT2D eigenvalue weighted by molar-refractivity contribution is 5.74. The number of hydrogen-bond acceptors (Lipinski definition) is 3. The van der Waals surface area contributed by atoms with Crippen LogP contribution in [0.5, 0.6) is 5.75 Å². The Morgan fingerprint density at radius 3 is 3.00 bits per heavy atom. The van der Waals surface area contributed by atoms with E-state index in [1.54, 1.807) is 0 Å². The summed E-state index contributed by atoms with van der Waals surface area (Å²) in [6, 6.07) is 7.66. The van der Waals surface area contributed by atoms with Gasteiger partial charge in [0, 0.05) is 6.54 Å². The van der Waals surface area contributed by atoms with Crippen LogP contribution in [0.1, 0.15) is 31.7 Å². The molecule has 2 rings (SSSR count). The second-order valence-electron chi connectivity index (χ2n) is 5.96. The van der Waals surface area contributed by atoms with E-state index < -0.39 is 5.97 Å². The zero-order valence-corrected chi connectivity index (χ0v) is 12.9. The topological polar surface area (TPSA) is 49.8 Å². The number of carboxylic acids is 1. The molecule has 0 aliphatic carbocycles. The molecule has 1 N–H and O–H groups in total. The fraction of sp³-hybridized carbons (Fsp3) is 0.588. The summed E-state index contributed by atoms with van der Waals surface area (Å²) in [5, 5.41) is 9.37. The molecule has 4 nitrogen and oxygen atoms in total. The van der Waals surface area contributed by atoms with Gasteiger partial charge in [0.2, 0.25) is 0 Å². The van der Waals surface area contributed by atoms with E-state index >= 15 is 0 Å². The van der Waals surface area contributed by atoms with Crippen LogP contribution in [-0.4, -0.2) is 41.7 Å². The van der Waals surface area contributed by atoms with Crippen molar-refractivity contribution in [2.24, 2.45) is 5.92 Å². The molecule has 1 aromatic carbocycles. The Balaban J connectivity index is 1.78. The highest BCUT2D eigenvalue weighted by Crippen LogP contribution is 2.23. The Labute approximate surface area is 126 Å². The maximum absolute atomic E-state index is 11.4. The lowest BCUT2D eigenvalue weighted by atomic mass is 9.91. The first-order chi connectivity index (χ1) is 10.1. The summed E-state index contributed by atoms with van der Waals surface area (Å²) in [4.78, 5) is 13.5. The van der Waals surface area contributed by atoms with E-state index in [9.17, 15) is 9.90 Å². The van der Waals surface area contributed by atoms with E-state index in [4.69, 9.17) is 4.74 Å². The highest BCUT2D eigenvalue weighted by Gasteiger charge is 2.33. The average molecular weight is 291 g/mol. The molecule has 1 fully saturated rings. The molecule has 116 valence electrons. The van der Waals surface area contributed by atoms with Crippen molar-refractivity contribution in [2.45, 2.75) is 39.2 Å². The lowest BCUT2D eigenvalue weighted by Crippen LogP contribution is -2.49. The van der Waals surface area contributed by atoms with Gasteiger partial charge in [-0.15, -0.1) is 0 Å². The zero-order chi connectivity index (χ0) is 15.2. The van der Waals surface area contributed by atoms with Crippen LogP contribution in [0.2, 0.25) is 0 Å². The second kappa shape index (κ2) is 7.46. The number of carbonyl (C=O) groups is 1. The Morgan fingerprint density at radius 1 is 1.48 bits per heavy atom. The van der Waals surface area contributed by atoms with E-state index in [2.05, 4.69) is 4.90 Å². The van der Waals surface area contributed by atoms with Gasteiger partial charge in [-0.05, 0) is 56.3 Å². The van der Waals surface area contributed by atoms with Crippen LogP contribution in [0.3, 0.4) is 0 Å². The lowest BCUT2D eigenvalue weighted by Gasteiger charge is -2.37. The van der Waals surface area contributed by atoms with Gasteiger partial charge in [-0.1, -0.05) is 19.1 Å². The smallest absolute Gasteiger partial charge is 0.321 e. The molecule has 1 saturated heterocycles. The van der Waals surface area contributed by atoms with Crippen molar-refractivity contribution >= 4 is 5.97 Å². The van der Waals surface area contributed by atoms with Gasteiger partial charge < -0.3 is 9.84 Å². The van der Waals surface area contributed by atoms with Crippen molar-refractivity contribution in [2.75, 3.05) is 19.7 Å². The van der Waals surface area contributed by atoms with Crippen LogP contribution < -0.4 is 4.74 Å². The predicted octanol–water partition coefficient (Wildman–Crippen LogP) is 2.95. The number of aryl methyl sites for hydroxylation is 1. The van der Waals surface area contributed by atoms with Crippen LogP contribution in [-0.2, 0) is 4.79 Å². The monoisotopic (exact) mass is 291 g/mol. The number of hydrogen-bond donors (Lipinski definition) is 1. The van der Waals surface area contributed by atoms with E-state index in [0.717, 1.165) is 38.1 Å². The minimum atomic E-state index is -0.693. The molecule has 0 aromatic heterocycles. The van der Waals surface area contributed by atoms with Crippen molar-refractivity contribution in [3.63, 3.8) is 0 Å². The number of benzene rings is 1. The van der Waals surface area contributed by atoms with Gasteiger partial charge in [0.15, 0.2) is 0 Å². The van der Waals surface area contributed by atoms with Gasteiger partial charge in [-0.25, -0.2) is 0 Å². The number of carboxylic acid groups (broad SMARTS) is 1. The van der Waals surface area contributed by atoms with Crippen molar-refractivity contribution in [1.82, 2.24) is 4.90 Å². The molecule has 0 spiro atoms. The van der Waals surface area contributed by atoms with Crippen molar-refractivity contribution < 1.29 is 14.6 Å². The molecule has 2 unspecified atom stereocenters. The minimum absolute atomic E-state index is 0.231. The number of ether oxygens (including phenoxy) is 1. The summed E-state index contributed by atoms with van der Waals surface area (Å²) in [5.41, 5.74) is 1.18. The van der Waals surface area contributed by atoms with Crippen LogP contribution in [0.25, 0.3) is 0 Å². The molecule has 1 aliphatic rings. The van der Waals surface area contributed by atoms with Gasteiger partial charge >= 0.3 is 5.97 Å². The molecule has 0 radical (unpaired) electrons. The summed E-state index contributed by atoms with van der Waals surface area (Å²) in [7, 11) is 0. The molecule has 2 atom stereocenters. The summed E-state index contributed by atoms with van der Waals surface area (Å²) < 4.78 is 5.73. The highest BCUT2D eigenvalue weighted by atomic mass is 16.5. The third-order valence-corrected chi connectivity index (χ3v) is 4.14. The Hall–Kier alpha value is -1.55. The van der Waals surface area contributed by atoms with Crippen LogP contribution in [0.4, 0.5) is 0 Å². The molecular weight excluding hydrogens is 266 g/mol. The molecule has 21 heavy (non-hydrogen) atoms. The van der Waals surface area contributed by atoms with Crippen LogP contribution in [0.15, 0.2) is 24.3 Å². The molecular formula is C17H25NO3. The minimum Gasteiger partial charge on any atom is -0.494 e. The first-order valence-corrected chi connectivity index (χ1v) is 7.74. The largest absolute Gasteiger partial charge is 0.494 e. The molecule has 1 aromatic rings. The number of piperidine rings is 1. The van der Waals surface area contributed by atoms with E-state index in [0.29, 0.717) is 6.61 Å². The van der Waals surface area contributed by atoms with Gasteiger partial charge in [-0.3, -0.25) is 9.69 Å². The molecule has 0 saturated carbocycles. The molecule has 0 bridgehead atoms. The van der Waals surface area contributed by atoms with Gasteiger partial charge in [0.1, 0.15) is 11.8 Å². The standard InChI is InChI=1S/C17H25NO3/c1-13-6-3-8-15(12-13)21-11-5-10-18-9-4-7-14(2)16(18)17(19)20/h3,6,8,12,14,16H,4-5,7,9-11H2,1-2H3,(H,19,20). The van der Waals surface area contributed by atoms with Crippen LogP contribution >= 0.6 is 0 Å². The van der Waals surface area contributed by atoms with Gasteiger partial charge in [-0.2, -0.15) is 0 Å². The van der Waals surface area contributed by atoms with Gasteiger partial charge in [0.05, 0.1) is 6.61 Å². The average Bonchev–Trinajstić information content (AvgIpc) is 2.43. The molecule has 1 aliphatic heterocycles. The molecule has 1 heterocycles. The molecule has 0 amide bonds. The number of nitrogens with zero attached hydrogens (tertiary/aromatic N) is 1. The lowest BCUT2D eigenvalue weighted by molar-refractivity contribution is -0.146. The summed E-state index contributed by atoms with van der Waals surface area (Å²) >= 11 is 0.